The van der Waals surface area contributed by atoms with Crippen LogP contribution in [0.15, 0.2) is 46.9 Å². The molecule has 0 saturated heterocycles. The van der Waals surface area contributed by atoms with Gasteiger partial charge in [0.15, 0.2) is 0 Å². The van der Waals surface area contributed by atoms with Crippen molar-refractivity contribution in [1.29, 1.82) is 0 Å². The Morgan fingerprint density at radius 3 is 2.78 bits per heavy atom. The highest BCUT2D eigenvalue weighted by Gasteiger charge is 2.12. The molecular formula is C14H10BrClN6O. The number of nitrogens with zero attached hydrogens (tertiary/aromatic N) is 3. The summed E-state index contributed by atoms with van der Waals surface area (Å²) in [7, 11) is 0. The van der Waals surface area contributed by atoms with E-state index in [2.05, 4.69) is 47.2 Å². The van der Waals surface area contributed by atoms with Gasteiger partial charge in [-0.3, -0.25) is 0 Å². The van der Waals surface area contributed by atoms with Crippen LogP contribution in [0.2, 0.25) is 5.02 Å². The van der Waals surface area contributed by atoms with Gasteiger partial charge in [-0.05, 0) is 41.6 Å². The third-order valence-electron chi connectivity index (χ3n) is 2.90. The fraction of sp³-hybridized carbons (Fsp3) is 0. The number of hydrogen-bond donors (Lipinski definition) is 3. The highest BCUT2D eigenvalue weighted by molar-refractivity contribution is 9.10. The van der Waals surface area contributed by atoms with Crippen molar-refractivity contribution in [3.8, 4) is 11.4 Å². The van der Waals surface area contributed by atoms with Crippen molar-refractivity contribution in [1.82, 2.24) is 20.6 Å². The van der Waals surface area contributed by atoms with E-state index in [1.807, 2.05) is 0 Å². The smallest absolute Gasteiger partial charge is 0.308 e. The molecule has 0 saturated carbocycles. The maximum absolute atomic E-state index is 12.2. The molecule has 0 aliphatic rings. The zero-order valence-electron chi connectivity index (χ0n) is 11.5. The van der Waals surface area contributed by atoms with Gasteiger partial charge >= 0.3 is 6.03 Å². The van der Waals surface area contributed by atoms with Crippen molar-refractivity contribution in [2.45, 2.75) is 0 Å². The van der Waals surface area contributed by atoms with E-state index in [4.69, 9.17) is 11.6 Å². The number of hydrogen-bond acceptors (Lipinski definition) is 4. The van der Waals surface area contributed by atoms with Crippen LogP contribution in [0.25, 0.3) is 11.4 Å². The maximum atomic E-state index is 12.2. The Kier molecular flexibility index (Phi) is 4.54. The number of amides is 2. The average Bonchev–Trinajstić information content (AvgIpc) is 3.03. The minimum Gasteiger partial charge on any atom is -0.308 e. The van der Waals surface area contributed by atoms with E-state index in [1.165, 1.54) is 0 Å². The number of benzene rings is 2. The molecule has 2 aromatic carbocycles. The quantitative estimate of drug-likeness (QED) is 0.628. The van der Waals surface area contributed by atoms with E-state index in [0.717, 1.165) is 4.47 Å². The van der Waals surface area contributed by atoms with Crippen LogP contribution in [0.4, 0.5) is 16.2 Å². The average molecular weight is 394 g/mol. The Bertz CT molecular complexity index is 839. The highest BCUT2D eigenvalue weighted by atomic mass is 79.9. The number of carbonyl (C=O) groups is 1. The van der Waals surface area contributed by atoms with E-state index in [0.29, 0.717) is 27.8 Å². The summed E-state index contributed by atoms with van der Waals surface area (Å²) in [5.74, 6) is 0.379. The molecule has 0 fully saturated rings. The van der Waals surface area contributed by atoms with Crippen LogP contribution in [0.1, 0.15) is 0 Å². The molecule has 0 atom stereocenters. The van der Waals surface area contributed by atoms with Crippen molar-refractivity contribution >= 4 is 44.9 Å². The molecule has 116 valence electrons. The molecule has 0 aliphatic carbocycles. The van der Waals surface area contributed by atoms with Crippen molar-refractivity contribution < 1.29 is 4.79 Å². The summed E-state index contributed by atoms with van der Waals surface area (Å²) in [6.07, 6.45) is 0. The predicted molar refractivity (Wildman–Crippen MR) is 91.4 cm³/mol. The molecule has 9 heteroatoms. The minimum absolute atomic E-state index is 0.379. The first-order chi connectivity index (χ1) is 11.1. The first-order valence-electron chi connectivity index (χ1n) is 6.49. The summed E-state index contributed by atoms with van der Waals surface area (Å²) < 4.78 is 0.832. The summed E-state index contributed by atoms with van der Waals surface area (Å²) in [4.78, 5) is 12.2. The van der Waals surface area contributed by atoms with Crippen LogP contribution in [0, 0.1) is 0 Å². The zero-order chi connectivity index (χ0) is 16.2. The van der Waals surface area contributed by atoms with E-state index in [1.54, 1.807) is 42.5 Å². The van der Waals surface area contributed by atoms with E-state index < -0.39 is 6.03 Å². The molecule has 3 aromatic rings. The zero-order valence-corrected chi connectivity index (χ0v) is 13.9. The molecule has 1 aromatic heterocycles. The van der Waals surface area contributed by atoms with Gasteiger partial charge in [0.05, 0.1) is 5.69 Å². The van der Waals surface area contributed by atoms with Gasteiger partial charge in [0.2, 0.25) is 5.82 Å². The van der Waals surface area contributed by atoms with E-state index >= 15 is 0 Å². The lowest BCUT2D eigenvalue weighted by molar-refractivity contribution is 0.262. The number of urea groups is 1. The van der Waals surface area contributed by atoms with Crippen LogP contribution < -0.4 is 10.6 Å². The lowest BCUT2D eigenvalue weighted by Gasteiger charge is -2.11. The number of anilines is 2. The summed E-state index contributed by atoms with van der Waals surface area (Å²) in [6.45, 7) is 0. The maximum Gasteiger partial charge on any atom is 0.323 e. The molecule has 0 unspecified atom stereocenters. The second kappa shape index (κ2) is 6.76. The lowest BCUT2D eigenvalue weighted by Crippen LogP contribution is -2.19. The summed E-state index contributed by atoms with van der Waals surface area (Å²) in [6, 6.07) is 11.8. The molecule has 3 rings (SSSR count). The number of H-pyrrole nitrogens is 1. The third-order valence-corrected chi connectivity index (χ3v) is 3.63. The van der Waals surface area contributed by atoms with Gasteiger partial charge in [0, 0.05) is 20.7 Å². The topological polar surface area (TPSA) is 95.6 Å². The summed E-state index contributed by atoms with van der Waals surface area (Å²) in [5.41, 5.74) is 1.77. The molecule has 0 radical (unpaired) electrons. The molecule has 7 nitrogen and oxygen atoms in total. The van der Waals surface area contributed by atoms with Crippen molar-refractivity contribution in [2.24, 2.45) is 0 Å². The number of aromatic amines is 1. The molecule has 1 heterocycles. The van der Waals surface area contributed by atoms with Gasteiger partial charge in [-0.15, -0.1) is 10.2 Å². The Morgan fingerprint density at radius 2 is 2.04 bits per heavy atom. The standard InChI is InChI=1S/C14H10BrClN6O/c15-8-4-5-12(11(6-8)13-19-21-22-20-13)18-14(23)17-10-3-1-2-9(16)7-10/h1-7H,(H2,17,18,23)(H,19,20,21,22). The lowest BCUT2D eigenvalue weighted by atomic mass is 10.1. The van der Waals surface area contributed by atoms with Gasteiger partial charge in [-0.1, -0.05) is 33.6 Å². The molecule has 0 bridgehead atoms. The Balaban J connectivity index is 1.81. The number of nitrogens with one attached hydrogen (secondary N) is 3. The number of aromatic nitrogens is 4. The van der Waals surface area contributed by atoms with Gasteiger partial charge in [-0.25, -0.2) is 4.79 Å². The summed E-state index contributed by atoms with van der Waals surface area (Å²) in [5, 5.41) is 19.8. The van der Waals surface area contributed by atoms with Crippen LogP contribution in [-0.2, 0) is 0 Å². The molecule has 3 N–H and O–H groups in total. The number of halogens is 2. The van der Waals surface area contributed by atoms with Gasteiger partial charge < -0.3 is 10.6 Å². The first-order valence-corrected chi connectivity index (χ1v) is 7.66. The number of rotatable bonds is 3. The van der Waals surface area contributed by atoms with Crippen molar-refractivity contribution in [2.75, 3.05) is 10.6 Å². The predicted octanol–water partition coefficient (Wildman–Crippen LogP) is 3.93. The number of carbonyl (C=O) groups excluding carboxylic acids is 1. The normalized spacial score (nSPS) is 10.3. The van der Waals surface area contributed by atoms with E-state index in [9.17, 15) is 4.79 Å². The van der Waals surface area contributed by atoms with Crippen LogP contribution in [0.5, 0.6) is 0 Å². The Labute approximate surface area is 144 Å². The van der Waals surface area contributed by atoms with Gasteiger partial charge in [0.25, 0.3) is 0 Å². The molecule has 0 aliphatic heterocycles. The Morgan fingerprint density at radius 1 is 1.17 bits per heavy atom. The molecule has 2 amide bonds. The first kappa shape index (κ1) is 15.4. The molecular weight excluding hydrogens is 384 g/mol. The van der Waals surface area contributed by atoms with Crippen LogP contribution in [0.3, 0.4) is 0 Å². The Hall–Kier alpha value is -2.45. The van der Waals surface area contributed by atoms with Gasteiger partial charge in [-0.2, -0.15) is 5.21 Å². The van der Waals surface area contributed by atoms with E-state index in [-0.39, 0.29) is 0 Å². The molecule has 23 heavy (non-hydrogen) atoms. The number of tetrazole rings is 1. The fourth-order valence-electron chi connectivity index (χ4n) is 1.94. The third kappa shape index (κ3) is 3.85. The monoisotopic (exact) mass is 392 g/mol. The second-order valence-corrected chi connectivity index (χ2v) is 5.87. The molecule has 0 spiro atoms. The van der Waals surface area contributed by atoms with Crippen LogP contribution >= 0.6 is 27.5 Å². The fourth-order valence-corrected chi connectivity index (χ4v) is 2.49. The summed E-state index contributed by atoms with van der Waals surface area (Å²) >= 11 is 9.28. The van der Waals surface area contributed by atoms with Crippen LogP contribution in [-0.4, -0.2) is 26.7 Å². The van der Waals surface area contributed by atoms with Crippen molar-refractivity contribution in [3.63, 3.8) is 0 Å². The largest absolute Gasteiger partial charge is 0.323 e. The minimum atomic E-state index is -0.403. The van der Waals surface area contributed by atoms with Gasteiger partial charge in [0.1, 0.15) is 0 Å². The highest BCUT2D eigenvalue weighted by Crippen LogP contribution is 2.28. The second-order valence-electron chi connectivity index (χ2n) is 4.51. The SMILES string of the molecule is O=C(Nc1cccc(Cl)c1)Nc1ccc(Br)cc1-c1nn[nH]n1. The van der Waals surface area contributed by atoms with Crippen molar-refractivity contribution in [3.05, 3.63) is 52.0 Å².